The summed E-state index contributed by atoms with van der Waals surface area (Å²) >= 11 is 0. The third kappa shape index (κ3) is 3.98. The first-order chi connectivity index (χ1) is 14.8. The molecule has 0 unspecified atom stereocenters. The summed E-state index contributed by atoms with van der Waals surface area (Å²) in [7, 11) is 1.27. The Morgan fingerprint density at radius 3 is 2.50 bits per heavy atom. The molecule has 1 aromatic heterocycles. The molecule has 180 valence electrons. The lowest BCUT2D eigenvalue weighted by atomic mass is 9.64. The molecule has 1 heterocycles. The molecule has 2 aliphatic carbocycles. The van der Waals surface area contributed by atoms with E-state index in [4.69, 9.17) is 13.7 Å². The smallest absolute Gasteiger partial charge is 0.265 e. The van der Waals surface area contributed by atoms with Gasteiger partial charge in [0.2, 0.25) is 5.78 Å². The molecule has 8 nitrogen and oxygen atoms in total. The molecule has 5 atom stereocenters. The van der Waals surface area contributed by atoms with Crippen molar-refractivity contribution in [1.29, 1.82) is 0 Å². The number of ether oxygens (including phenoxy) is 1. The number of hydrogen-bond donors (Lipinski definition) is 2. The first kappa shape index (κ1) is 25.1. The first-order valence-electron chi connectivity index (χ1n) is 11.4. The molecule has 0 aliphatic heterocycles. The monoisotopic (exact) mass is 466 g/mol. The van der Waals surface area contributed by atoms with E-state index in [-0.39, 0.29) is 16.5 Å². The second-order valence-electron chi connectivity index (χ2n) is 10.7. The summed E-state index contributed by atoms with van der Waals surface area (Å²) in [6.07, 6.45) is 2.81. The minimum absolute atomic E-state index is 0.0901. The average molecular weight is 467 g/mol. The van der Waals surface area contributed by atoms with Crippen LogP contribution in [0.2, 0.25) is 18.1 Å². The van der Waals surface area contributed by atoms with Crippen molar-refractivity contribution >= 4 is 14.1 Å². The fourth-order valence-corrected chi connectivity index (χ4v) is 5.55. The Balaban J connectivity index is 2.13. The van der Waals surface area contributed by atoms with Gasteiger partial charge in [0.05, 0.1) is 12.6 Å². The van der Waals surface area contributed by atoms with Crippen molar-refractivity contribution in [2.45, 2.75) is 82.5 Å². The Morgan fingerprint density at radius 2 is 1.94 bits per heavy atom. The topological polar surface area (TPSA) is 105 Å². The van der Waals surface area contributed by atoms with Crippen molar-refractivity contribution in [2.75, 3.05) is 20.7 Å². The maximum atomic E-state index is 13.9. The lowest BCUT2D eigenvalue weighted by molar-refractivity contribution is -0.126. The van der Waals surface area contributed by atoms with E-state index >= 15 is 0 Å². The van der Waals surface area contributed by atoms with Crippen molar-refractivity contribution in [3.8, 4) is 5.88 Å². The number of Topliss-reactive ketones (excluding diaryl/α,β-unsaturated/α-hetero) is 1. The summed E-state index contributed by atoms with van der Waals surface area (Å²) in [5.41, 5.74) is -1.84. The zero-order chi connectivity index (χ0) is 24.1. The summed E-state index contributed by atoms with van der Waals surface area (Å²) in [6, 6.07) is -0.474. The maximum Gasteiger partial charge on any atom is 0.265 e. The highest BCUT2D eigenvalue weighted by Gasteiger charge is 2.64. The van der Waals surface area contributed by atoms with Gasteiger partial charge in [-0.05, 0) is 43.8 Å². The molecule has 1 aromatic rings. The first-order valence-corrected chi connectivity index (χ1v) is 14.3. The Morgan fingerprint density at radius 1 is 1.28 bits per heavy atom. The van der Waals surface area contributed by atoms with Crippen LogP contribution < -0.4 is 4.74 Å². The molecular weight excluding hydrogens is 428 g/mol. The van der Waals surface area contributed by atoms with Crippen LogP contribution in [0.4, 0.5) is 0 Å². The van der Waals surface area contributed by atoms with Gasteiger partial charge in [-0.15, -0.1) is 0 Å². The van der Waals surface area contributed by atoms with E-state index < -0.39 is 43.9 Å². The van der Waals surface area contributed by atoms with Crippen LogP contribution in [0, 0.1) is 5.92 Å². The number of aromatic nitrogens is 1. The van der Waals surface area contributed by atoms with Crippen molar-refractivity contribution < 1.29 is 28.7 Å². The fraction of sp³-hybridized carbons (Fsp3) is 0.739. The van der Waals surface area contributed by atoms with E-state index in [0.29, 0.717) is 12.4 Å². The van der Waals surface area contributed by atoms with Crippen LogP contribution in [0.1, 0.15) is 62.7 Å². The van der Waals surface area contributed by atoms with Crippen LogP contribution in [0.15, 0.2) is 16.7 Å². The quantitative estimate of drug-likeness (QED) is 0.358. The molecule has 32 heavy (non-hydrogen) atoms. The summed E-state index contributed by atoms with van der Waals surface area (Å²) in [5, 5.41) is 26.8. The molecule has 0 fully saturated rings. The molecule has 0 amide bonds. The van der Waals surface area contributed by atoms with E-state index in [0.717, 1.165) is 12.8 Å². The zero-order valence-electron chi connectivity index (χ0n) is 20.5. The lowest BCUT2D eigenvalue weighted by Gasteiger charge is -2.52. The number of carbonyl (C=O) groups excluding carboxylic acids is 1. The maximum absolute atomic E-state index is 13.9. The number of ketones is 1. The predicted octanol–water partition coefficient (Wildman–Crippen LogP) is 3.32. The Hall–Kier alpha value is -1.52. The standard InChI is InChI=1S/C23H38N2O6Si/c1-9-10-13-29-21-16-18(30-24-21)17(25(5)6)14-11-12-15(26)20(23(14,28)19(16)27)31-32(7,8)22(2,3)4/h11-12,14-15,17,20,26,28H,9-10,13H2,1-8H3/t14-,15+,17-,20+,23+/m0/s1. The van der Waals surface area contributed by atoms with Gasteiger partial charge in [0, 0.05) is 5.92 Å². The third-order valence-electron chi connectivity index (χ3n) is 7.18. The van der Waals surface area contributed by atoms with Gasteiger partial charge in [0.15, 0.2) is 19.7 Å². The van der Waals surface area contributed by atoms with Crippen LogP contribution in [0.5, 0.6) is 5.88 Å². The molecule has 2 N–H and O–H groups in total. The lowest BCUT2D eigenvalue weighted by Crippen LogP contribution is -2.67. The van der Waals surface area contributed by atoms with Crippen molar-refractivity contribution in [1.82, 2.24) is 10.1 Å². The van der Waals surface area contributed by atoms with E-state index in [9.17, 15) is 15.0 Å². The van der Waals surface area contributed by atoms with Gasteiger partial charge in [0.1, 0.15) is 17.8 Å². The Labute approximate surface area is 191 Å². The number of rotatable bonds is 7. The van der Waals surface area contributed by atoms with Gasteiger partial charge in [-0.2, -0.15) is 0 Å². The van der Waals surface area contributed by atoms with Crippen LogP contribution in [-0.4, -0.2) is 72.9 Å². The highest BCUT2D eigenvalue weighted by molar-refractivity contribution is 6.74. The third-order valence-corrected chi connectivity index (χ3v) is 11.6. The Bertz CT molecular complexity index is 874. The predicted molar refractivity (Wildman–Crippen MR) is 123 cm³/mol. The number of nitrogens with zero attached hydrogens (tertiary/aromatic N) is 2. The molecule has 3 rings (SSSR count). The number of fused-ring (bicyclic) bond motifs is 2. The van der Waals surface area contributed by atoms with E-state index in [1.165, 1.54) is 0 Å². The minimum Gasteiger partial charge on any atom is -0.475 e. The van der Waals surface area contributed by atoms with Crippen LogP contribution >= 0.6 is 0 Å². The van der Waals surface area contributed by atoms with Crippen molar-refractivity contribution in [3.63, 3.8) is 0 Å². The molecule has 0 saturated heterocycles. The van der Waals surface area contributed by atoms with Crippen LogP contribution in [0.25, 0.3) is 0 Å². The summed E-state index contributed by atoms with van der Waals surface area (Å²) in [4.78, 5) is 15.8. The van der Waals surface area contributed by atoms with E-state index in [1.807, 2.05) is 39.0 Å². The van der Waals surface area contributed by atoms with Gasteiger partial charge in [0.25, 0.3) is 5.88 Å². The molecule has 0 aromatic carbocycles. The number of unbranched alkanes of at least 4 members (excludes halogenated alkanes) is 1. The largest absolute Gasteiger partial charge is 0.475 e. The minimum atomic E-state index is -2.44. The molecule has 0 radical (unpaired) electrons. The highest BCUT2D eigenvalue weighted by Crippen LogP contribution is 2.52. The number of hydrogen-bond acceptors (Lipinski definition) is 8. The van der Waals surface area contributed by atoms with Gasteiger partial charge < -0.3 is 23.9 Å². The second kappa shape index (κ2) is 8.68. The zero-order valence-corrected chi connectivity index (χ0v) is 21.5. The van der Waals surface area contributed by atoms with Gasteiger partial charge in [-0.3, -0.25) is 9.69 Å². The van der Waals surface area contributed by atoms with E-state index in [2.05, 4.69) is 25.9 Å². The molecule has 9 heteroatoms. The second-order valence-corrected chi connectivity index (χ2v) is 15.4. The van der Waals surface area contributed by atoms with Crippen LogP contribution in [0.3, 0.4) is 0 Å². The molecule has 0 spiro atoms. The number of aliphatic hydroxyl groups is 2. The molecule has 0 saturated carbocycles. The van der Waals surface area contributed by atoms with Gasteiger partial charge in [-0.1, -0.05) is 46.3 Å². The number of aliphatic hydroxyl groups excluding tert-OH is 1. The van der Waals surface area contributed by atoms with Gasteiger partial charge >= 0.3 is 0 Å². The fourth-order valence-electron chi connectivity index (χ4n) is 4.24. The SMILES string of the molecule is CCCCOc1noc2c1C(=O)[C@@]1(O)[C@H](O[Si](C)(C)C(C)(C)C)[C@H](O)C=C[C@H]1[C@@H]2N(C)C. The number of carbonyl (C=O) groups is 1. The molecule has 2 aliphatic rings. The molecular formula is C23H38N2O6Si. The van der Waals surface area contributed by atoms with Crippen molar-refractivity contribution in [2.24, 2.45) is 5.92 Å². The van der Waals surface area contributed by atoms with Crippen molar-refractivity contribution in [3.05, 3.63) is 23.5 Å². The summed E-state index contributed by atoms with van der Waals surface area (Å²) in [5.74, 6) is -0.789. The average Bonchev–Trinajstić information content (AvgIpc) is 3.09. The summed E-state index contributed by atoms with van der Waals surface area (Å²) < 4.78 is 17.9. The normalized spacial score (nSPS) is 30.4. The van der Waals surface area contributed by atoms with Crippen LogP contribution in [-0.2, 0) is 4.43 Å². The molecule has 0 bridgehead atoms. The summed E-state index contributed by atoms with van der Waals surface area (Å²) in [6.45, 7) is 12.7. The highest BCUT2D eigenvalue weighted by atomic mass is 28.4. The van der Waals surface area contributed by atoms with E-state index in [1.54, 1.807) is 12.2 Å². The Kier molecular flexibility index (Phi) is 6.81. The van der Waals surface area contributed by atoms with Gasteiger partial charge in [-0.25, -0.2) is 0 Å².